The van der Waals surface area contributed by atoms with Crippen LogP contribution in [0.15, 0.2) is 30.6 Å². The van der Waals surface area contributed by atoms with Crippen LogP contribution in [0.5, 0.6) is 5.88 Å². The summed E-state index contributed by atoms with van der Waals surface area (Å²) in [5.41, 5.74) is -0.112. The maximum absolute atomic E-state index is 13.7. The molecule has 10 heteroatoms. The number of halogens is 2. The highest BCUT2D eigenvalue weighted by atomic mass is 32.2. The summed E-state index contributed by atoms with van der Waals surface area (Å²) in [6.07, 6.45) is 4.77. The van der Waals surface area contributed by atoms with Gasteiger partial charge in [0.05, 0.1) is 5.75 Å². The first-order valence-electron chi connectivity index (χ1n) is 8.68. The normalized spacial score (nSPS) is 19.8. The topological polar surface area (TPSA) is 105 Å². The van der Waals surface area contributed by atoms with E-state index in [0.29, 0.717) is 25.7 Å². The van der Waals surface area contributed by atoms with Crippen molar-refractivity contribution in [2.24, 2.45) is 0 Å². The number of hydrogen-bond donors (Lipinski definition) is 1. The van der Waals surface area contributed by atoms with Crippen molar-refractivity contribution in [3.05, 3.63) is 53.5 Å². The summed E-state index contributed by atoms with van der Waals surface area (Å²) in [6, 6.07) is 4.32. The average molecular weight is 408 g/mol. The zero-order chi connectivity index (χ0) is 20.1. The van der Waals surface area contributed by atoms with Gasteiger partial charge in [0.2, 0.25) is 15.7 Å². The molecule has 0 atom stereocenters. The Labute approximate surface area is 161 Å². The van der Waals surface area contributed by atoms with Crippen LogP contribution in [-0.2, 0) is 15.8 Å². The first kappa shape index (κ1) is 20.1. The first-order chi connectivity index (χ1) is 13.4. The van der Waals surface area contributed by atoms with Gasteiger partial charge < -0.3 is 4.74 Å². The lowest BCUT2D eigenvalue weighted by atomic mass is 9.94. The molecule has 2 aromatic rings. The second-order valence-electron chi connectivity index (χ2n) is 6.53. The van der Waals surface area contributed by atoms with Crippen LogP contribution < -0.4 is 9.46 Å². The summed E-state index contributed by atoms with van der Waals surface area (Å²) in [6.45, 7) is 0. The molecule has 0 spiro atoms. The summed E-state index contributed by atoms with van der Waals surface area (Å²) in [5.74, 6) is -1.92. The molecule has 0 unspecified atom stereocenters. The quantitative estimate of drug-likeness (QED) is 0.787. The number of nitrogens with zero attached hydrogens (tertiary/aromatic N) is 3. The average Bonchev–Trinajstić information content (AvgIpc) is 2.66. The maximum Gasteiger partial charge on any atom is 0.251 e. The molecule has 28 heavy (non-hydrogen) atoms. The number of ether oxygens (including phenoxy) is 1. The summed E-state index contributed by atoms with van der Waals surface area (Å²) < 4.78 is 59.8. The molecule has 0 amide bonds. The summed E-state index contributed by atoms with van der Waals surface area (Å²) in [7, 11) is -3.82. The summed E-state index contributed by atoms with van der Waals surface area (Å²) >= 11 is 0. The second kappa shape index (κ2) is 8.58. The van der Waals surface area contributed by atoms with E-state index >= 15 is 0 Å². The molecule has 1 N–H and O–H groups in total. The van der Waals surface area contributed by atoms with E-state index in [1.807, 2.05) is 6.07 Å². The number of hydrogen-bond acceptors (Lipinski definition) is 6. The zero-order valence-electron chi connectivity index (χ0n) is 14.8. The van der Waals surface area contributed by atoms with Crippen molar-refractivity contribution < 1.29 is 21.9 Å². The smallest absolute Gasteiger partial charge is 0.251 e. The number of nitriles is 1. The molecular formula is C18H18F2N4O3S. The van der Waals surface area contributed by atoms with E-state index in [2.05, 4.69) is 14.7 Å². The lowest BCUT2D eigenvalue weighted by molar-refractivity contribution is 0.137. The standard InChI is InChI=1S/C18H18F2N4O3S/c19-13-1-6-16(20)12(9-13)11-28(25,26)24-14-2-4-15(5-3-14)27-18-17(10-21)22-7-8-23-18/h1,6-9,14-15,24H,2-5,11H2. The Hall–Kier alpha value is -2.64. The van der Waals surface area contributed by atoms with Gasteiger partial charge in [-0.05, 0) is 43.9 Å². The van der Waals surface area contributed by atoms with Crippen molar-refractivity contribution in [3.8, 4) is 11.9 Å². The van der Waals surface area contributed by atoms with Crippen molar-refractivity contribution in [2.45, 2.75) is 43.6 Å². The van der Waals surface area contributed by atoms with E-state index < -0.39 is 27.4 Å². The largest absolute Gasteiger partial charge is 0.472 e. The molecule has 1 saturated carbocycles. The van der Waals surface area contributed by atoms with Crippen LogP contribution in [0.2, 0.25) is 0 Å². The van der Waals surface area contributed by atoms with E-state index in [0.717, 1.165) is 18.2 Å². The number of aromatic nitrogens is 2. The van der Waals surface area contributed by atoms with E-state index in [9.17, 15) is 17.2 Å². The predicted molar refractivity (Wildman–Crippen MR) is 95.5 cm³/mol. The molecule has 0 radical (unpaired) electrons. The molecule has 1 aromatic heterocycles. The van der Waals surface area contributed by atoms with Gasteiger partial charge in [0.15, 0.2) is 0 Å². The van der Waals surface area contributed by atoms with Crippen molar-refractivity contribution >= 4 is 10.0 Å². The van der Waals surface area contributed by atoms with Crippen molar-refractivity contribution in [2.75, 3.05) is 0 Å². The Balaban J connectivity index is 1.55. The van der Waals surface area contributed by atoms with Gasteiger partial charge in [-0.25, -0.2) is 31.9 Å². The van der Waals surface area contributed by atoms with Gasteiger partial charge >= 0.3 is 0 Å². The van der Waals surface area contributed by atoms with Crippen molar-refractivity contribution in [1.82, 2.24) is 14.7 Å². The lowest BCUT2D eigenvalue weighted by Crippen LogP contribution is -2.40. The fourth-order valence-electron chi connectivity index (χ4n) is 3.10. The van der Waals surface area contributed by atoms with Gasteiger partial charge in [-0.3, -0.25) is 0 Å². The van der Waals surface area contributed by atoms with Gasteiger partial charge in [-0.1, -0.05) is 0 Å². The second-order valence-corrected chi connectivity index (χ2v) is 8.28. The van der Waals surface area contributed by atoms with E-state index in [1.165, 1.54) is 12.4 Å². The Morgan fingerprint density at radius 2 is 1.89 bits per heavy atom. The van der Waals surface area contributed by atoms with Gasteiger partial charge in [-0.2, -0.15) is 5.26 Å². The molecule has 1 aliphatic rings. The van der Waals surface area contributed by atoms with Crippen LogP contribution in [0.1, 0.15) is 36.9 Å². The number of rotatable bonds is 6. The highest BCUT2D eigenvalue weighted by Gasteiger charge is 2.27. The Morgan fingerprint density at radius 3 is 2.61 bits per heavy atom. The summed E-state index contributed by atoms with van der Waals surface area (Å²) in [4.78, 5) is 7.88. The van der Waals surface area contributed by atoms with E-state index in [4.69, 9.17) is 10.00 Å². The summed E-state index contributed by atoms with van der Waals surface area (Å²) in [5, 5.41) is 9.02. The molecule has 3 rings (SSSR count). The maximum atomic E-state index is 13.7. The number of benzene rings is 1. The SMILES string of the molecule is N#Cc1nccnc1OC1CCC(NS(=O)(=O)Cc2cc(F)ccc2F)CC1. The molecule has 1 fully saturated rings. The number of sulfonamides is 1. The monoisotopic (exact) mass is 408 g/mol. The minimum absolute atomic E-state index is 0.0995. The van der Waals surface area contributed by atoms with Crippen LogP contribution in [0, 0.1) is 23.0 Å². The van der Waals surface area contributed by atoms with Crippen LogP contribution in [-0.4, -0.2) is 30.5 Å². The minimum Gasteiger partial charge on any atom is -0.472 e. The Bertz CT molecular complexity index is 987. The van der Waals surface area contributed by atoms with E-state index in [-0.39, 0.29) is 29.3 Å². The zero-order valence-corrected chi connectivity index (χ0v) is 15.6. The van der Waals surface area contributed by atoms with Gasteiger partial charge in [0.25, 0.3) is 5.88 Å². The molecule has 0 saturated heterocycles. The minimum atomic E-state index is -3.82. The Morgan fingerprint density at radius 1 is 1.18 bits per heavy atom. The first-order valence-corrected chi connectivity index (χ1v) is 10.3. The molecule has 1 aromatic carbocycles. The van der Waals surface area contributed by atoms with Crippen LogP contribution in [0.25, 0.3) is 0 Å². The predicted octanol–water partition coefficient (Wildman–Crippen LogP) is 2.44. The highest BCUT2D eigenvalue weighted by Crippen LogP contribution is 2.25. The molecule has 1 heterocycles. The Kier molecular flexibility index (Phi) is 6.16. The van der Waals surface area contributed by atoms with Crippen molar-refractivity contribution in [3.63, 3.8) is 0 Å². The molecule has 7 nitrogen and oxygen atoms in total. The van der Waals surface area contributed by atoms with Gasteiger partial charge in [-0.15, -0.1) is 0 Å². The van der Waals surface area contributed by atoms with Crippen LogP contribution in [0.4, 0.5) is 8.78 Å². The molecule has 0 bridgehead atoms. The number of nitrogens with one attached hydrogen (secondary N) is 1. The lowest BCUT2D eigenvalue weighted by Gasteiger charge is -2.29. The third-order valence-electron chi connectivity index (χ3n) is 4.42. The molecule has 1 aliphatic carbocycles. The highest BCUT2D eigenvalue weighted by molar-refractivity contribution is 7.88. The molecule has 148 valence electrons. The van der Waals surface area contributed by atoms with Crippen LogP contribution >= 0.6 is 0 Å². The van der Waals surface area contributed by atoms with Crippen LogP contribution in [0.3, 0.4) is 0 Å². The van der Waals surface area contributed by atoms with Gasteiger partial charge in [0, 0.05) is 24.0 Å². The third-order valence-corrected chi connectivity index (χ3v) is 5.81. The van der Waals surface area contributed by atoms with Gasteiger partial charge in [0.1, 0.15) is 23.8 Å². The third kappa shape index (κ3) is 5.21. The fraction of sp³-hybridized carbons (Fsp3) is 0.389. The van der Waals surface area contributed by atoms with Crippen molar-refractivity contribution in [1.29, 1.82) is 5.26 Å². The fourth-order valence-corrected chi connectivity index (χ4v) is 4.56. The van der Waals surface area contributed by atoms with E-state index in [1.54, 1.807) is 0 Å². The molecule has 0 aliphatic heterocycles. The molecular weight excluding hydrogens is 390 g/mol.